The first kappa shape index (κ1) is 10.6. The number of halogens is 1. The van der Waals surface area contributed by atoms with E-state index in [9.17, 15) is 8.42 Å². The first-order chi connectivity index (χ1) is 4.36. The van der Waals surface area contributed by atoms with Crippen LogP contribution in [0.2, 0.25) is 0 Å². The van der Waals surface area contributed by atoms with Gasteiger partial charge in [0.25, 0.3) is 0 Å². The Morgan fingerprint density at radius 3 is 2.00 bits per heavy atom. The van der Waals surface area contributed by atoms with Gasteiger partial charge in [0, 0.05) is 29.9 Å². The molecule has 0 aliphatic heterocycles. The van der Waals surface area contributed by atoms with E-state index in [4.69, 9.17) is 0 Å². The number of rotatable bonds is 3. The molecule has 62 valence electrons. The minimum absolute atomic E-state index is 0.196. The fourth-order valence-corrected chi connectivity index (χ4v) is 2.05. The van der Waals surface area contributed by atoms with Gasteiger partial charge in [-0.15, -0.1) is 2.52 Å². The summed E-state index contributed by atoms with van der Waals surface area (Å²) in [4.78, 5) is 0. The summed E-state index contributed by atoms with van der Waals surface area (Å²) in [5, 5.41) is 0. The summed E-state index contributed by atoms with van der Waals surface area (Å²) in [6.45, 7) is 3.77. The monoisotopic (exact) mass is 277 g/mol. The molecule has 0 aliphatic carbocycles. The topological polar surface area (TPSA) is 37.4 Å². The predicted octanol–water partition coefficient (Wildman–Crippen LogP) is 1.25. The summed E-state index contributed by atoms with van der Waals surface area (Å²) in [5.41, 5.74) is 0. The van der Waals surface area contributed by atoms with Gasteiger partial charge >= 0.3 is 0 Å². The molecule has 0 saturated heterocycles. The van der Waals surface area contributed by atoms with Crippen LogP contribution in [0.3, 0.4) is 0 Å². The molecule has 0 radical (unpaired) electrons. The number of nitrogens with zero attached hydrogens (tertiary/aromatic N) is 1. The molecule has 0 fully saturated rings. The minimum atomic E-state index is -2.98. The summed E-state index contributed by atoms with van der Waals surface area (Å²) >= 11 is 1.76. The summed E-state index contributed by atoms with van der Waals surface area (Å²) in [6.07, 6.45) is 0. The molecule has 0 atom stereocenters. The van der Waals surface area contributed by atoms with E-state index in [-0.39, 0.29) is 11.7 Å². The first-order valence-corrected chi connectivity index (χ1v) is 5.56. The van der Waals surface area contributed by atoms with Crippen molar-refractivity contribution in [3.8, 4) is 0 Å². The average Bonchev–Trinajstić information content (AvgIpc) is 1.60. The molecule has 0 aromatic rings. The second kappa shape index (κ2) is 3.87. The molecular formula is C5H12INO2S. The first-order valence-electron chi connectivity index (χ1n) is 2.98. The fourth-order valence-electron chi connectivity index (χ4n) is 0.524. The lowest BCUT2D eigenvalue weighted by Gasteiger charge is -2.10. The summed E-state index contributed by atoms with van der Waals surface area (Å²) in [7, 11) is -1.44. The van der Waals surface area contributed by atoms with Crippen molar-refractivity contribution in [1.29, 1.82) is 0 Å². The van der Waals surface area contributed by atoms with Gasteiger partial charge in [-0.2, -0.15) is 0 Å². The third-order valence-electron chi connectivity index (χ3n) is 0.927. The maximum absolute atomic E-state index is 11.1. The molecule has 0 aromatic carbocycles. The highest BCUT2D eigenvalue weighted by atomic mass is 127. The van der Waals surface area contributed by atoms with Gasteiger partial charge < -0.3 is 0 Å². The quantitative estimate of drug-likeness (QED) is 0.575. The zero-order valence-corrected chi connectivity index (χ0v) is 9.31. The van der Waals surface area contributed by atoms with Crippen molar-refractivity contribution in [3.05, 3.63) is 0 Å². The minimum Gasteiger partial charge on any atom is -0.211 e. The Kier molecular flexibility index (Phi) is 4.12. The molecule has 0 saturated carbocycles. The zero-order chi connectivity index (χ0) is 8.36. The number of hydrogen-bond acceptors (Lipinski definition) is 2. The van der Waals surface area contributed by atoms with Crippen LogP contribution in [0.15, 0.2) is 0 Å². The summed E-state index contributed by atoms with van der Waals surface area (Å²) in [5.74, 6) is 0.425. The molecule has 0 bridgehead atoms. The van der Waals surface area contributed by atoms with Crippen LogP contribution in [0.5, 0.6) is 0 Å². The van der Waals surface area contributed by atoms with Crippen LogP contribution >= 0.6 is 22.9 Å². The maximum atomic E-state index is 11.1. The van der Waals surface area contributed by atoms with Crippen LogP contribution in [-0.2, 0) is 10.0 Å². The lowest BCUT2D eigenvalue weighted by atomic mass is 10.3. The van der Waals surface area contributed by atoms with Crippen LogP contribution < -0.4 is 0 Å². The molecule has 0 amide bonds. The van der Waals surface area contributed by atoms with E-state index in [1.165, 1.54) is 9.57 Å². The second-order valence-corrected chi connectivity index (χ2v) is 6.71. The van der Waals surface area contributed by atoms with Crippen LogP contribution in [0.4, 0.5) is 0 Å². The Hall–Kier alpha value is 0.640. The van der Waals surface area contributed by atoms with Crippen LogP contribution in [0.1, 0.15) is 13.8 Å². The van der Waals surface area contributed by atoms with E-state index in [1.807, 2.05) is 13.8 Å². The number of sulfonamides is 1. The van der Waals surface area contributed by atoms with Gasteiger partial charge in [0.1, 0.15) is 0 Å². The Morgan fingerprint density at radius 2 is 1.90 bits per heavy atom. The lowest BCUT2D eigenvalue weighted by molar-refractivity contribution is 0.557. The predicted molar refractivity (Wildman–Crippen MR) is 50.4 cm³/mol. The number of hydrogen-bond donors (Lipinski definition) is 0. The average molecular weight is 277 g/mol. The van der Waals surface area contributed by atoms with Crippen LogP contribution in [-0.4, -0.2) is 23.7 Å². The molecule has 0 heterocycles. The lowest BCUT2D eigenvalue weighted by Crippen LogP contribution is -2.22. The maximum Gasteiger partial charge on any atom is 0.222 e. The third kappa shape index (κ3) is 3.72. The smallest absolute Gasteiger partial charge is 0.211 e. The van der Waals surface area contributed by atoms with Gasteiger partial charge in [0.2, 0.25) is 10.0 Å². The molecule has 10 heavy (non-hydrogen) atoms. The van der Waals surface area contributed by atoms with Crippen molar-refractivity contribution < 1.29 is 8.42 Å². The molecule has 0 aromatic heterocycles. The molecule has 5 heteroatoms. The molecule has 0 unspecified atom stereocenters. The summed E-state index contributed by atoms with van der Waals surface area (Å²) < 4.78 is 23.3. The molecular weight excluding hydrogens is 265 g/mol. The van der Waals surface area contributed by atoms with Crippen molar-refractivity contribution in [2.75, 3.05) is 12.8 Å². The van der Waals surface area contributed by atoms with E-state index in [2.05, 4.69) is 0 Å². The van der Waals surface area contributed by atoms with Gasteiger partial charge in [-0.05, 0) is 5.92 Å². The second-order valence-electron chi connectivity index (χ2n) is 2.56. The van der Waals surface area contributed by atoms with Crippen molar-refractivity contribution in [2.24, 2.45) is 5.92 Å². The molecule has 0 N–H and O–H groups in total. The summed E-state index contributed by atoms with van der Waals surface area (Å²) in [6, 6.07) is 0. The van der Waals surface area contributed by atoms with Crippen molar-refractivity contribution in [3.63, 3.8) is 0 Å². The van der Waals surface area contributed by atoms with Crippen molar-refractivity contribution in [2.45, 2.75) is 13.8 Å². The fraction of sp³-hybridized carbons (Fsp3) is 1.00. The Balaban J connectivity index is 4.16. The van der Waals surface area contributed by atoms with Gasteiger partial charge in [0.05, 0.1) is 5.75 Å². The zero-order valence-electron chi connectivity index (χ0n) is 6.33. The van der Waals surface area contributed by atoms with Crippen LogP contribution in [0.25, 0.3) is 0 Å². The van der Waals surface area contributed by atoms with E-state index in [0.717, 1.165) is 0 Å². The Labute approximate surface area is 76.3 Å². The molecule has 0 spiro atoms. The van der Waals surface area contributed by atoms with E-state index in [1.54, 1.807) is 22.9 Å². The van der Waals surface area contributed by atoms with Gasteiger partial charge in [-0.1, -0.05) is 13.8 Å². The van der Waals surface area contributed by atoms with Crippen molar-refractivity contribution >= 4 is 32.9 Å². The third-order valence-corrected chi connectivity index (χ3v) is 4.58. The largest absolute Gasteiger partial charge is 0.222 e. The highest BCUT2D eigenvalue weighted by Crippen LogP contribution is 2.08. The van der Waals surface area contributed by atoms with Crippen molar-refractivity contribution in [1.82, 2.24) is 2.52 Å². The Morgan fingerprint density at radius 1 is 1.50 bits per heavy atom. The molecule has 0 rings (SSSR count). The standard InChI is InChI=1S/C5H12INO2S/c1-5(2)4-10(8,9)7(3)6/h5H,4H2,1-3H3. The van der Waals surface area contributed by atoms with Gasteiger partial charge in [0.15, 0.2) is 0 Å². The van der Waals surface area contributed by atoms with E-state index in [0.29, 0.717) is 0 Å². The molecule has 3 nitrogen and oxygen atoms in total. The van der Waals surface area contributed by atoms with E-state index >= 15 is 0 Å². The highest BCUT2D eigenvalue weighted by Gasteiger charge is 2.16. The SMILES string of the molecule is CC(C)CS(=O)(=O)N(C)I. The van der Waals surface area contributed by atoms with Gasteiger partial charge in [-0.3, -0.25) is 0 Å². The highest BCUT2D eigenvalue weighted by molar-refractivity contribution is 14.1. The van der Waals surface area contributed by atoms with Crippen LogP contribution in [0, 0.1) is 5.92 Å². The normalized spacial score (nSPS) is 13.0. The Bertz CT molecular complexity index is 186. The molecule has 0 aliphatic rings. The van der Waals surface area contributed by atoms with E-state index < -0.39 is 10.0 Å². The van der Waals surface area contributed by atoms with Gasteiger partial charge in [-0.25, -0.2) is 8.42 Å².